The number of nitrogens with one attached hydrogen (secondary N) is 2. The zero-order valence-corrected chi connectivity index (χ0v) is 8.79. The predicted molar refractivity (Wildman–Crippen MR) is 58.7 cm³/mol. The molecular weight excluding hydrogens is 215 g/mol. The van der Waals surface area contributed by atoms with Crippen molar-refractivity contribution in [2.45, 2.75) is 13.0 Å². The average Bonchev–Trinajstić information content (AvgIpc) is 2.57. The highest BCUT2D eigenvalue weighted by Crippen LogP contribution is 2.29. The van der Waals surface area contributed by atoms with Crippen molar-refractivity contribution >= 4 is 22.5 Å². The molecule has 1 aliphatic heterocycles. The Hall–Kier alpha value is -1.06. The number of aromatic nitrogens is 1. The lowest BCUT2D eigenvalue weighted by Crippen LogP contribution is -2.22. The van der Waals surface area contributed by atoms with Gasteiger partial charge in [0.05, 0.1) is 5.52 Å². The van der Waals surface area contributed by atoms with Gasteiger partial charge in [0.1, 0.15) is 5.82 Å². The third-order valence-corrected chi connectivity index (χ3v) is 3.09. The van der Waals surface area contributed by atoms with E-state index in [4.69, 9.17) is 11.6 Å². The standard InChI is InChI=1S/C11H10ClFN2/c12-6-3-7-8-5-14-2-1-10(8)15-11(7)9(13)4-6/h3-4,14-15H,1-2,5H2. The maximum absolute atomic E-state index is 13.6. The van der Waals surface area contributed by atoms with Gasteiger partial charge in [-0.25, -0.2) is 4.39 Å². The van der Waals surface area contributed by atoms with E-state index in [1.54, 1.807) is 0 Å². The Balaban J connectivity index is 2.37. The summed E-state index contributed by atoms with van der Waals surface area (Å²) in [5.74, 6) is -0.271. The van der Waals surface area contributed by atoms with Crippen molar-refractivity contribution in [2.75, 3.05) is 6.54 Å². The van der Waals surface area contributed by atoms with Crippen LogP contribution in [-0.2, 0) is 13.0 Å². The van der Waals surface area contributed by atoms with E-state index in [0.717, 1.165) is 36.2 Å². The molecule has 1 aromatic heterocycles. The van der Waals surface area contributed by atoms with Crippen molar-refractivity contribution < 1.29 is 4.39 Å². The fourth-order valence-corrected chi connectivity index (χ4v) is 2.37. The van der Waals surface area contributed by atoms with Crippen LogP contribution in [0.4, 0.5) is 4.39 Å². The lowest BCUT2D eigenvalue weighted by atomic mass is 10.1. The summed E-state index contributed by atoms with van der Waals surface area (Å²) in [6, 6.07) is 3.17. The highest BCUT2D eigenvalue weighted by atomic mass is 35.5. The zero-order valence-electron chi connectivity index (χ0n) is 8.03. The Morgan fingerprint density at radius 3 is 3.07 bits per heavy atom. The maximum Gasteiger partial charge on any atom is 0.148 e. The van der Waals surface area contributed by atoms with E-state index in [0.29, 0.717) is 10.5 Å². The van der Waals surface area contributed by atoms with Crippen molar-refractivity contribution in [3.63, 3.8) is 0 Å². The first kappa shape index (κ1) is 9.19. The van der Waals surface area contributed by atoms with Gasteiger partial charge in [-0.05, 0) is 17.7 Å². The number of benzene rings is 1. The summed E-state index contributed by atoms with van der Waals surface area (Å²) in [7, 11) is 0. The van der Waals surface area contributed by atoms with Crippen molar-refractivity contribution in [1.29, 1.82) is 0 Å². The van der Waals surface area contributed by atoms with E-state index >= 15 is 0 Å². The molecule has 0 amide bonds. The van der Waals surface area contributed by atoms with E-state index in [2.05, 4.69) is 10.3 Å². The second-order valence-corrected chi connectivity index (χ2v) is 4.26. The third kappa shape index (κ3) is 1.34. The van der Waals surface area contributed by atoms with Crippen LogP contribution in [-0.4, -0.2) is 11.5 Å². The van der Waals surface area contributed by atoms with Crippen LogP contribution in [0.15, 0.2) is 12.1 Å². The molecule has 0 spiro atoms. The largest absolute Gasteiger partial charge is 0.356 e. The molecule has 2 nitrogen and oxygen atoms in total. The van der Waals surface area contributed by atoms with Crippen LogP contribution >= 0.6 is 11.6 Å². The van der Waals surface area contributed by atoms with Crippen LogP contribution in [0.1, 0.15) is 11.3 Å². The molecule has 2 N–H and O–H groups in total. The number of hydrogen-bond acceptors (Lipinski definition) is 1. The fourth-order valence-electron chi connectivity index (χ4n) is 2.17. The third-order valence-electron chi connectivity index (χ3n) is 2.87. The summed E-state index contributed by atoms with van der Waals surface area (Å²) < 4.78 is 13.6. The van der Waals surface area contributed by atoms with Crippen LogP contribution in [0.3, 0.4) is 0 Å². The minimum absolute atomic E-state index is 0.271. The van der Waals surface area contributed by atoms with E-state index in [1.165, 1.54) is 6.07 Å². The molecule has 2 heterocycles. The molecule has 0 radical (unpaired) electrons. The molecule has 1 aliphatic rings. The van der Waals surface area contributed by atoms with E-state index in [1.807, 2.05) is 6.07 Å². The van der Waals surface area contributed by atoms with Gasteiger partial charge in [0.25, 0.3) is 0 Å². The van der Waals surface area contributed by atoms with Gasteiger partial charge in [-0.3, -0.25) is 0 Å². The normalized spacial score (nSPS) is 15.6. The van der Waals surface area contributed by atoms with Crippen LogP contribution in [0.5, 0.6) is 0 Å². The van der Waals surface area contributed by atoms with Gasteiger partial charge in [0.15, 0.2) is 0 Å². The van der Waals surface area contributed by atoms with Crippen molar-refractivity contribution in [2.24, 2.45) is 0 Å². The van der Waals surface area contributed by atoms with E-state index < -0.39 is 0 Å². The van der Waals surface area contributed by atoms with Gasteiger partial charge in [-0.2, -0.15) is 0 Å². The highest BCUT2D eigenvalue weighted by molar-refractivity contribution is 6.31. The molecule has 0 aliphatic carbocycles. The molecule has 1 aromatic carbocycles. The number of fused-ring (bicyclic) bond motifs is 3. The molecular formula is C11H10ClFN2. The molecule has 2 aromatic rings. The number of halogens is 2. The van der Waals surface area contributed by atoms with Crippen molar-refractivity contribution in [1.82, 2.24) is 10.3 Å². The number of rotatable bonds is 0. The molecule has 4 heteroatoms. The second kappa shape index (κ2) is 3.22. The first-order valence-electron chi connectivity index (χ1n) is 4.95. The summed E-state index contributed by atoms with van der Waals surface area (Å²) in [6.45, 7) is 1.73. The van der Waals surface area contributed by atoms with Gasteiger partial charge < -0.3 is 10.3 Å². The summed E-state index contributed by atoms with van der Waals surface area (Å²) in [6.07, 6.45) is 0.918. The Morgan fingerprint density at radius 2 is 2.20 bits per heavy atom. The van der Waals surface area contributed by atoms with E-state index in [-0.39, 0.29) is 5.82 Å². The number of hydrogen-bond donors (Lipinski definition) is 2. The zero-order chi connectivity index (χ0) is 10.4. The first-order valence-corrected chi connectivity index (χ1v) is 5.32. The summed E-state index contributed by atoms with van der Waals surface area (Å²) >= 11 is 5.85. The molecule has 0 unspecified atom stereocenters. The lowest BCUT2D eigenvalue weighted by Gasteiger charge is -2.12. The second-order valence-electron chi connectivity index (χ2n) is 3.82. The number of aromatic amines is 1. The molecule has 0 fully saturated rings. The molecule has 0 saturated carbocycles. The van der Waals surface area contributed by atoms with Gasteiger partial charge in [-0.15, -0.1) is 0 Å². The molecule has 15 heavy (non-hydrogen) atoms. The van der Waals surface area contributed by atoms with Crippen LogP contribution < -0.4 is 5.32 Å². The van der Waals surface area contributed by atoms with Crippen molar-refractivity contribution in [3.8, 4) is 0 Å². The molecule has 0 bridgehead atoms. The van der Waals surface area contributed by atoms with Gasteiger partial charge >= 0.3 is 0 Å². The smallest absolute Gasteiger partial charge is 0.148 e. The Bertz CT molecular complexity index is 533. The van der Waals surface area contributed by atoms with Crippen LogP contribution in [0.25, 0.3) is 10.9 Å². The monoisotopic (exact) mass is 224 g/mol. The summed E-state index contributed by atoms with van der Waals surface area (Å²) in [5.41, 5.74) is 2.86. The molecule has 78 valence electrons. The lowest BCUT2D eigenvalue weighted by molar-refractivity contribution is 0.633. The van der Waals surface area contributed by atoms with E-state index in [9.17, 15) is 4.39 Å². The first-order chi connectivity index (χ1) is 7.25. The summed E-state index contributed by atoms with van der Waals surface area (Å²) in [4.78, 5) is 3.14. The topological polar surface area (TPSA) is 27.8 Å². The molecule has 0 atom stereocenters. The van der Waals surface area contributed by atoms with Gasteiger partial charge in [0.2, 0.25) is 0 Å². The Labute approximate surface area is 91.4 Å². The number of H-pyrrole nitrogens is 1. The minimum Gasteiger partial charge on any atom is -0.356 e. The SMILES string of the molecule is Fc1cc(Cl)cc2c3c([nH]c12)CCNC3. The van der Waals surface area contributed by atoms with Crippen LogP contribution in [0, 0.1) is 5.82 Å². The molecule has 0 saturated heterocycles. The average molecular weight is 225 g/mol. The quantitative estimate of drug-likeness (QED) is 0.708. The Kier molecular flexibility index (Phi) is 1.97. The van der Waals surface area contributed by atoms with Gasteiger partial charge in [0, 0.05) is 35.6 Å². The summed E-state index contributed by atoms with van der Waals surface area (Å²) in [5, 5.41) is 4.63. The van der Waals surface area contributed by atoms with Crippen LogP contribution in [0.2, 0.25) is 5.02 Å². The Morgan fingerprint density at radius 1 is 1.33 bits per heavy atom. The molecule has 3 rings (SSSR count). The predicted octanol–water partition coefficient (Wildman–Crippen LogP) is 2.61. The fraction of sp³-hybridized carbons (Fsp3) is 0.273. The minimum atomic E-state index is -0.271. The van der Waals surface area contributed by atoms with Gasteiger partial charge in [-0.1, -0.05) is 11.6 Å². The van der Waals surface area contributed by atoms with Crippen molar-refractivity contribution in [3.05, 3.63) is 34.2 Å². The maximum atomic E-state index is 13.6. The highest BCUT2D eigenvalue weighted by Gasteiger charge is 2.17.